The minimum absolute atomic E-state index is 0.241. The first-order valence-corrected chi connectivity index (χ1v) is 7.32. The summed E-state index contributed by atoms with van der Waals surface area (Å²) in [4.78, 5) is 25.0. The van der Waals surface area contributed by atoms with Crippen LogP contribution in [0.2, 0.25) is 0 Å². The highest BCUT2D eigenvalue weighted by atomic mass is 79.9. The molecule has 0 saturated carbocycles. The van der Waals surface area contributed by atoms with Gasteiger partial charge in [-0.3, -0.25) is 0 Å². The standard InChI is InChI=1S/C14H16BrFN2O3/c1-8-6-10(16)9(15)7-11(8)17-13(21)18-5-3-4-14(18,2)12(19)20/h6-7H,3-5H2,1-2H3,(H,17,21)(H,19,20). The number of carboxylic acid groups (broad SMARTS) is 1. The molecule has 0 bridgehead atoms. The number of aliphatic carboxylic acids is 1. The molecule has 114 valence electrons. The number of likely N-dealkylation sites (tertiary alicyclic amines) is 1. The molecule has 0 radical (unpaired) electrons. The third-order valence-electron chi connectivity index (χ3n) is 3.86. The van der Waals surface area contributed by atoms with Gasteiger partial charge in [0, 0.05) is 12.2 Å². The number of carboxylic acids is 1. The fourth-order valence-electron chi connectivity index (χ4n) is 2.47. The Morgan fingerprint density at radius 2 is 2.14 bits per heavy atom. The Morgan fingerprint density at radius 1 is 1.48 bits per heavy atom. The van der Waals surface area contributed by atoms with Crippen molar-refractivity contribution in [2.75, 3.05) is 11.9 Å². The van der Waals surface area contributed by atoms with Crippen LogP contribution in [-0.4, -0.2) is 34.1 Å². The van der Waals surface area contributed by atoms with Crippen molar-refractivity contribution < 1.29 is 19.1 Å². The van der Waals surface area contributed by atoms with Crippen molar-refractivity contribution in [3.05, 3.63) is 28.0 Å². The lowest BCUT2D eigenvalue weighted by Gasteiger charge is -2.31. The first kappa shape index (κ1) is 15.8. The number of benzene rings is 1. The lowest BCUT2D eigenvalue weighted by molar-refractivity contribution is -0.146. The Morgan fingerprint density at radius 3 is 2.76 bits per heavy atom. The van der Waals surface area contributed by atoms with E-state index in [4.69, 9.17) is 0 Å². The third-order valence-corrected chi connectivity index (χ3v) is 4.46. The van der Waals surface area contributed by atoms with E-state index < -0.39 is 23.4 Å². The summed E-state index contributed by atoms with van der Waals surface area (Å²) in [7, 11) is 0. The maximum absolute atomic E-state index is 13.4. The van der Waals surface area contributed by atoms with Crippen molar-refractivity contribution in [2.45, 2.75) is 32.2 Å². The molecular formula is C14H16BrFN2O3. The summed E-state index contributed by atoms with van der Waals surface area (Å²) in [5, 5.41) is 12.0. The van der Waals surface area contributed by atoms with Crippen molar-refractivity contribution >= 4 is 33.6 Å². The SMILES string of the molecule is Cc1cc(F)c(Br)cc1NC(=O)N1CCCC1(C)C(=O)O. The molecule has 1 unspecified atom stereocenters. The van der Waals surface area contributed by atoms with Crippen LogP contribution in [0.4, 0.5) is 14.9 Å². The van der Waals surface area contributed by atoms with Crippen molar-refractivity contribution in [3.63, 3.8) is 0 Å². The van der Waals surface area contributed by atoms with Crippen molar-refractivity contribution in [3.8, 4) is 0 Å². The zero-order valence-corrected chi connectivity index (χ0v) is 13.3. The van der Waals surface area contributed by atoms with Gasteiger partial charge < -0.3 is 15.3 Å². The predicted molar refractivity (Wildman–Crippen MR) is 79.8 cm³/mol. The molecule has 2 amide bonds. The van der Waals surface area contributed by atoms with Crippen LogP contribution in [0.1, 0.15) is 25.3 Å². The van der Waals surface area contributed by atoms with Gasteiger partial charge in [0.2, 0.25) is 0 Å². The summed E-state index contributed by atoms with van der Waals surface area (Å²) in [6.07, 6.45) is 1.06. The normalized spacial score (nSPS) is 21.4. The number of anilines is 1. The van der Waals surface area contributed by atoms with Crippen LogP contribution in [0, 0.1) is 12.7 Å². The van der Waals surface area contributed by atoms with Crippen LogP contribution >= 0.6 is 15.9 Å². The number of hydrogen-bond donors (Lipinski definition) is 2. The Kier molecular flexibility index (Phi) is 4.22. The first-order valence-electron chi connectivity index (χ1n) is 6.53. The number of carbonyl (C=O) groups is 2. The lowest BCUT2D eigenvalue weighted by Crippen LogP contribution is -2.52. The summed E-state index contributed by atoms with van der Waals surface area (Å²) in [6, 6.07) is 2.29. The molecule has 1 aromatic rings. The van der Waals surface area contributed by atoms with E-state index in [-0.39, 0.29) is 4.47 Å². The number of urea groups is 1. The Hall–Kier alpha value is -1.63. The molecule has 1 heterocycles. The number of aryl methyl sites for hydroxylation is 1. The smallest absolute Gasteiger partial charge is 0.329 e. The summed E-state index contributed by atoms with van der Waals surface area (Å²) in [5.41, 5.74) is -0.178. The Labute approximate surface area is 130 Å². The van der Waals surface area contributed by atoms with E-state index >= 15 is 0 Å². The highest BCUT2D eigenvalue weighted by Gasteiger charge is 2.46. The lowest BCUT2D eigenvalue weighted by atomic mass is 10.00. The predicted octanol–water partition coefficient (Wildman–Crippen LogP) is 3.37. The monoisotopic (exact) mass is 358 g/mol. The minimum Gasteiger partial charge on any atom is -0.480 e. The highest BCUT2D eigenvalue weighted by Crippen LogP contribution is 2.31. The van der Waals surface area contributed by atoms with E-state index in [0.29, 0.717) is 30.6 Å². The highest BCUT2D eigenvalue weighted by molar-refractivity contribution is 9.10. The summed E-state index contributed by atoms with van der Waals surface area (Å²) >= 11 is 3.07. The minimum atomic E-state index is -1.20. The molecule has 21 heavy (non-hydrogen) atoms. The van der Waals surface area contributed by atoms with Gasteiger partial charge in [-0.05, 0) is 60.3 Å². The molecule has 1 fully saturated rings. The number of hydrogen-bond acceptors (Lipinski definition) is 2. The van der Waals surface area contributed by atoms with E-state index in [1.54, 1.807) is 6.92 Å². The molecule has 5 nitrogen and oxygen atoms in total. The van der Waals surface area contributed by atoms with Crippen LogP contribution in [0.25, 0.3) is 0 Å². The molecule has 1 aliphatic rings. The molecule has 1 aromatic carbocycles. The number of rotatable bonds is 2. The van der Waals surface area contributed by atoms with Gasteiger partial charge in [0.25, 0.3) is 0 Å². The maximum atomic E-state index is 13.4. The number of amides is 2. The van der Waals surface area contributed by atoms with Gasteiger partial charge >= 0.3 is 12.0 Å². The van der Waals surface area contributed by atoms with Crippen molar-refractivity contribution in [1.82, 2.24) is 4.90 Å². The number of nitrogens with one attached hydrogen (secondary N) is 1. The van der Waals surface area contributed by atoms with Gasteiger partial charge in [-0.1, -0.05) is 0 Å². The van der Waals surface area contributed by atoms with Gasteiger partial charge in [0.05, 0.1) is 4.47 Å². The van der Waals surface area contributed by atoms with Gasteiger partial charge in [-0.15, -0.1) is 0 Å². The number of carbonyl (C=O) groups excluding carboxylic acids is 1. The number of halogens is 2. The quantitative estimate of drug-likeness (QED) is 0.851. The summed E-state index contributed by atoms with van der Waals surface area (Å²) < 4.78 is 13.6. The summed E-state index contributed by atoms with van der Waals surface area (Å²) in [5.74, 6) is -1.44. The molecule has 2 rings (SSSR count). The van der Waals surface area contributed by atoms with Gasteiger partial charge in [-0.2, -0.15) is 0 Å². The zero-order chi connectivity index (χ0) is 15.8. The molecule has 1 aliphatic heterocycles. The zero-order valence-electron chi connectivity index (χ0n) is 11.7. The largest absolute Gasteiger partial charge is 0.480 e. The number of nitrogens with zero attached hydrogens (tertiary/aromatic N) is 1. The molecule has 0 aliphatic carbocycles. The maximum Gasteiger partial charge on any atom is 0.329 e. The fraction of sp³-hybridized carbons (Fsp3) is 0.429. The molecule has 7 heteroatoms. The molecule has 0 spiro atoms. The van der Waals surface area contributed by atoms with Crippen LogP contribution < -0.4 is 5.32 Å². The Balaban J connectivity index is 2.22. The van der Waals surface area contributed by atoms with E-state index in [2.05, 4.69) is 21.2 Å². The third kappa shape index (κ3) is 2.88. The fourth-order valence-corrected chi connectivity index (χ4v) is 2.82. The second-order valence-electron chi connectivity index (χ2n) is 5.35. The summed E-state index contributed by atoms with van der Waals surface area (Å²) in [6.45, 7) is 3.59. The molecule has 2 N–H and O–H groups in total. The van der Waals surface area contributed by atoms with E-state index in [1.165, 1.54) is 24.0 Å². The first-order chi connectivity index (χ1) is 9.75. The van der Waals surface area contributed by atoms with Gasteiger partial charge in [0.1, 0.15) is 11.4 Å². The Bertz CT molecular complexity index is 608. The molecule has 1 atom stereocenters. The van der Waals surface area contributed by atoms with Crippen molar-refractivity contribution in [2.24, 2.45) is 0 Å². The molecule has 0 aromatic heterocycles. The van der Waals surface area contributed by atoms with Crippen LogP contribution in [-0.2, 0) is 4.79 Å². The molecular weight excluding hydrogens is 343 g/mol. The topological polar surface area (TPSA) is 69.6 Å². The molecule has 1 saturated heterocycles. The second-order valence-corrected chi connectivity index (χ2v) is 6.20. The van der Waals surface area contributed by atoms with Crippen LogP contribution in [0.3, 0.4) is 0 Å². The van der Waals surface area contributed by atoms with E-state index in [9.17, 15) is 19.1 Å². The van der Waals surface area contributed by atoms with Crippen LogP contribution in [0.5, 0.6) is 0 Å². The van der Waals surface area contributed by atoms with E-state index in [0.717, 1.165) is 0 Å². The average Bonchev–Trinajstić information content (AvgIpc) is 2.79. The van der Waals surface area contributed by atoms with Gasteiger partial charge in [-0.25, -0.2) is 14.0 Å². The van der Waals surface area contributed by atoms with E-state index in [1.807, 2.05) is 0 Å². The average molecular weight is 359 g/mol. The van der Waals surface area contributed by atoms with Crippen molar-refractivity contribution in [1.29, 1.82) is 0 Å². The van der Waals surface area contributed by atoms with Gasteiger partial charge in [0.15, 0.2) is 0 Å². The van der Waals surface area contributed by atoms with Crippen LogP contribution in [0.15, 0.2) is 16.6 Å². The second kappa shape index (κ2) is 5.63.